The van der Waals surface area contributed by atoms with E-state index in [4.69, 9.17) is 0 Å². The monoisotopic (exact) mass is 385 g/mol. The average Bonchev–Trinajstić information content (AvgIpc) is 2.67. The van der Waals surface area contributed by atoms with Crippen LogP contribution in [0.25, 0.3) is 0 Å². The van der Waals surface area contributed by atoms with E-state index in [0.717, 1.165) is 17.3 Å². The van der Waals surface area contributed by atoms with Gasteiger partial charge in [0.05, 0.1) is 10.5 Å². The minimum Gasteiger partial charge on any atom is -0.354 e. The lowest BCUT2D eigenvalue weighted by Gasteiger charge is -2.35. The van der Waals surface area contributed by atoms with Crippen LogP contribution >= 0.6 is 0 Å². The first-order chi connectivity index (χ1) is 12.8. The highest BCUT2D eigenvalue weighted by molar-refractivity contribution is 7.89. The zero-order chi connectivity index (χ0) is 19.6. The minimum absolute atomic E-state index is 0.0703. The van der Waals surface area contributed by atoms with E-state index in [1.807, 2.05) is 19.1 Å². The van der Waals surface area contributed by atoms with Crippen LogP contribution in [0.4, 0.5) is 5.82 Å². The van der Waals surface area contributed by atoms with Crippen LogP contribution in [0.15, 0.2) is 35.2 Å². The van der Waals surface area contributed by atoms with Crippen LogP contribution in [0.3, 0.4) is 0 Å². The molecule has 0 saturated carbocycles. The van der Waals surface area contributed by atoms with Gasteiger partial charge in [0.25, 0.3) is 0 Å². The van der Waals surface area contributed by atoms with Gasteiger partial charge in [-0.1, -0.05) is 26.0 Å². The van der Waals surface area contributed by atoms with Crippen molar-refractivity contribution in [2.24, 2.45) is 0 Å². The molecular formula is C19H23N5O2S. The van der Waals surface area contributed by atoms with Gasteiger partial charge in [-0.15, -0.1) is 0 Å². The molecule has 0 N–H and O–H groups in total. The zero-order valence-corrected chi connectivity index (χ0v) is 16.6. The van der Waals surface area contributed by atoms with E-state index in [1.165, 1.54) is 16.4 Å². The van der Waals surface area contributed by atoms with Crippen LogP contribution in [0.1, 0.15) is 36.8 Å². The molecule has 0 unspecified atom stereocenters. The number of nitrogens with zero attached hydrogens (tertiary/aromatic N) is 5. The predicted molar refractivity (Wildman–Crippen MR) is 103 cm³/mol. The molecule has 1 aromatic carbocycles. The maximum Gasteiger partial charge on any atom is 0.244 e. The molecule has 1 aromatic heterocycles. The highest BCUT2D eigenvalue weighted by Gasteiger charge is 2.30. The van der Waals surface area contributed by atoms with Crippen molar-refractivity contribution in [3.63, 3.8) is 0 Å². The molecule has 0 amide bonds. The number of hydrogen-bond donors (Lipinski definition) is 0. The SMILES string of the molecule is Cc1cc(N2CCN(S(=O)(=O)c3ccccc3C#N)CC2)nc(C(C)C)n1. The Morgan fingerprint density at radius 3 is 2.41 bits per heavy atom. The van der Waals surface area contributed by atoms with E-state index in [9.17, 15) is 13.7 Å². The highest BCUT2D eigenvalue weighted by atomic mass is 32.2. The zero-order valence-electron chi connectivity index (χ0n) is 15.8. The van der Waals surface area contributed by atoms with Crippen LogP contribution in [-0.2, 0) is 10.0 Å². The number of anilines is 1. The van der Waals surface area contributed by atoms with Crippen molar-refractivity contribution in [2.45, 2.75) is 31.6 Å². The number of rotatable bonds is 4. The van der Waals surface area contributed by atoms with Crippen molar-refractivity contribution >= 4 is 15.8 Å². The molecule has 0 spiro atoms. The summed E-state index contributed by atoms with van der Waals surface area (Å²) in [6.07, 6.45) is 0. The Balaban J connectivity index is 1.79. The van der Waals surface area contributed by atoms with Crippen LogP contribution in [0, 0.1) is 18.3 Å². The summed E-state index contributed by atoms with van der Waals surface area (Å²) in [4.78, 5) is 11.3. The summed E-state index contributed by atoms with van der Waals surface area (Å²) in [5.74, 6) is 1.86. The molecule has 2 heterocycles. The summed E-state index contributed by atoms with van der Waals surface area (Å²) in [5, 5.41) is 9.21. The third kappa shape index (κ3) is 3.94. The molecule has 0 aliphatic carbocycles. The lowest BCUT2D eigenvalue weighted by molar-refractivity contribution is 0.383. The Morgan fingerprint density at radius 2 is 1.78 bits per heavy atom. The Labute approximate surface area is 160 Å². The molecule has 1 fully saturated rings. The summed E-state index contributed by atoms with van der Waals surface area (Å²) in [6, 6.07) is 10.2. The van der Waals surface area contributed by atoms with Gasteiger partial charge in [-0.25, -0.2) is 18.4 Å². The molecular weight excluding hydrogens is 362 g/mol. The third-order valence-electron chi connectivity index (χ3n) is 4.56. The number of piperazine rings is 1. The summed E-state index contributed by atoms with van der Waals surface area (Å²) in [5.41, 5.74) is 1.08. The fourth-order valence-corrected chi connectivity index (χ4v) is 4.64. The smallest absolute Gasteiger partial charge is 0.244 e. The molecule has 3 rings (SSSR count). The standard InChI is InChI=1S/C19H23N5O2S/c1-14(2)19-21-15(3)12-18(22-19)23-8-10-24(11-9-23)27(25,26)17-7-5-4-6-16(17)13-20/h4-7,12,14H,8-11H2,1-3H3. The van der Waals surface area contributed by atoms with Crippen molar-refractivity contribution < 1.29 is 8.42 Å². The maximum absolute atomic E-state index is 12.9. The van der Waals surface area contributed by atoms with Crippen molar-refractivity contribution in [1.82, 2.24) is 14.3 Å². The van der Waals surface area contributed by atoms with Crippen molar-refractivity contribution in [3.8, 4) is 6.07 Å². The maximum atomic E-state index is 12.9. The second-order valence-corrected chi connectivity index (χ2v) is 8.79. The second-order valence-electron chi connectivity index (χ2n) is 6.88. The van der Waals surface area contributed by atoms with Crippen LogP contribution < -0.4 is 4.90 Å². The van der Waals surface area contributed by atoms with Gasteiger partial charge in [0.2, 0.25) is 10.0 Å². The molecule has 27 heavy (non-hydrogen) atoms. The summed E-state index contributed by atoms with van der Waals surface area (Å²) in [6.45, 7) is 7.83. The predicted octanol–water partition coefficient (Wildman–Crippen LogP) is 2.29. The number of sulfonamides is 1. The number of nitriles is 1. The molecule has 1 aliphatic rings. The largest absolute Gasteiger partial charge is 0.354 e. The summed E-state index contributed by atoms with van der Waals surface area (Å²) < 4.78 is 27.3. The average molecular weight is 385 g/mol. The fourth-order valence-electron chi connectivity index (χ4n) is 3.08. The molecule has 8 heteroatoms. The summed E-state index contributed by atoms with van der Waals surface area (Å²) in [7, 11) is -3.69. The van der Waals surface area contributed by atoms with Gasteiger partial charge >= 0.3 is 0 Å². The first-order valence-corrected chi connectivity index (χ1v) is 10.4. The Hall–Kier alpha value is -2.50. The van der Waals surface area contributed by atoms with E-state index in [1.54, 1.807) is 12.1 Å². The van der Waals surface area contributed by atoms with Gasteiger partial charge in [0, 0.05) is 43.9 Å². The van der Waals surface area contributed by atoms with Gasteiger partial charge < -0.3 is 4.90 Å². The Kier molecular flexibility index (Phi) is 5.44. The molecule has 0 bridgehead atoms. The van der Waals surface area contributed by atoms with E-state index < -0.39 is 10.0 Å². The number of aryl methyl sites for hydroxylation is 1. The van der Waals surface area contributed by atoms with Crippen molar-refractivity contribution in [1.29, 1.82) is 5.26 Å². The topological polar surface area (TPSA) is 90.2 Å². The van der Waals surface area contributed by atoms with Crippen LogP contribution in [0.5, 0.6) is 0 Å². The lowest BCUT2D eigenvalue weighted by atomic mass is 10.2. The molecule has 142 valence electrons. The van der Waals surface area contributed by atoms with E-state index in [-0.39, 0.29) is 16.4 Å². The number of aromatic nitrogens is 2. The van der Waals surface area contributed by atoms with Crippen molar-refractivity contribution in [2.75, 3.05) is 31.1 Å². The lowest BCUT2D eigenvalue weighted by Crippen LogP contribution is -2.49. The van der Waals surface area contributed by atoms with E-state index >= 15 is 0 Å². The first-order valence-electron chi connectivity index (χ1n) is 8.92. The van der Waals surface area contributed by atoms with E-state index in [2.05, 4.69) is 28.7 Å². The van der Waals surface area contributed by atoms with Crippen LogP contribution in [-0.4, -0.2) is 48.9 Å². The second kappa shape index (κ2) is 7.62. The van der Waals surface area contributed by atoms with Crippen LogP contribution in [0.2, 0.25) is 0 Å². The number of benzene rings is 1. The first kappa shape index (κ1) is 19.3. The van der Waals surface area contributed by atoms with Crippen molar-refractivity contribution in [3.05, 3.63) is 47.4 Å². The summed E-state index contributed by atoms with van der Waals surface area (Å²) >= 11 is 0. The quantitative estimate of drug-likeness (QED) is 0.802. The molecule has 0 atom stereocenters. The molecule has 0 radical (unpaired) electrons. The Morgan fingerprint density at radius 1 is 1.11 bits per heavy atom. The molecule has 2 aromatic rings. The molecule has 1 aliphatic heterocycles. The fraction of sp³-hybridized carbons (Fsp3) is 0.421. The third-order valence-corrected chi connectivity index (χ3v) is 6.52. The highest BCUT2D eigenvalue weighted by Crippen LogP contribution is 2.23. The molecule has 1 saturated heterocycles. The minimum atomic E-state index is -3.69. The van der Waals surface area contributed by atoms with Gasteiger partial charge in [-0.3, -0.25) is 0 Å². The van der Waals surface area contributed by atoms with Gasteiger partial charge in [-0.05, 0) is 19.1 Å². The molecule has 7 nitrogen and oxygen atoms in total. The van der Waals surface area contributed by atoms with E-state index in [0.29, 0.717) is 26.2 Å². The normalized spacial score (nSPS) is 15.7. The van der Waals surface area contributed by atoms with Gasteiger partial charge in [-0.2, -0.15) is 9.57 Å². The number of hydrogen-bond acceptors (Lipinski definition) is 6. The Bertz CT molecular complexity index is 974. The van der Waals surface area contributed by atoms with Gasteiger partial charge in [0.15, 0.2) is 0 Å². The van der Waals surface area contributed by atoms with Gasteiger partial charge in [0.1, 0.15) is 17.7 Å².